The van der Waals surface area contributed by atoms with Crippen LogP contribution in [0.4, 0.5) is 5.13 Å². The smallest absolute Gasteiger partial charge is 0.251 e. The summed E-state index contributed by atoms with van der Waals surface area (Å²) in [6, 6.07) is 7.09. The molecule has 0 aliphatic heterocycles. The zero-order chi connectivity index (χ0) is 14.1. The predicted octanol–water partition coefficient (Wildman–Crippen LogP) is 2.10. The number of carbonyl (C=O) groups excluding carboxylic acids is 1. The lowest BCUT2D eigenvalue weighted by atomic mass is 10.2. The van der Waals surface area contributed by atoms with Crippen LogP contribution in [0.5, 0.6) is 0 Å². The summed E-state index contributed by atoms with van der Waals surface area (Å²) in [5, 5.41) is 7.11. The average Bonchev–Trinajstić information content (AvgIpc) is 2.99. The molecule has 20 heavy (non-hydrogen) atoms. The number of nitrogens with two attached hydrogens (primary N) is 1. The molecule has 1 aromatic carbocycles. The number of aromatic nitrogens is 2. The van der Waals surface area contributed by atoms with Crippen LogP contribution in [0.2, 0.25) is 0 Å². The Labute approximate surface area is 118 Å². The molecular weight excluding hydrogens is 276 g/mol. The number of carbonyl (C=O) groups is 1. The highest BCUT2D eigenvalue weighted by Crippen LogP contribution is 2.24. The lowest BCUT2D eigenvalue weighted by molar-refractivity contribution is 0.0950. The van der Waals surface area contributed by atoms with Crippen LogP contribution in [-0.2, 0) is 6.54 Å². The van der Waals surface area contributed by atoms with Crippen molar-refractivity contribution < 1.29 is 9.32 Å². The standard InChI is InChI=1S/C13H12N4O2S/c1-7-4-9(17-19-7)6-15-12(18)8-2-3-10-11(5-8)20-13(14)16-10/h2-5H,6H2,1H3,(H2,14,16)(H,15,18). The Morgan fingerprint density at radius 1 is 1.45 bits per heavy atom. The first-order valence-corrected chi connectivity index (χ1v) is 6.80. The zero-order valence-corrected chi connectivity index (χ0v) is 11.5. The van der Waals surface area contributed by atoms with Gasteiger partial charge in [-0.15, -0.1) is 0 Å². The lowest BCUT2D eigenvalue weighted by Crippen LogP contribution is -2.22. The van der Waals surface area contributed by atoms with E-state index in [0.29, 0.717) is 22.9 Å². The molecule has 0 spiro atoms. The Balaban J connectivity index is 1.74. The molecule has 0 saturated heterocycles. The molecule has 1 amide bonds. The maximum absolute atomic E-state index is 12.1. The van der Waals surface area contributed by atoms with Crippen LogP contribution < -0.4 is 11.1 Å². The van der Waals surface area contributed by atoms with E-state index < -0.39 is 0 Å². The van der Waals surface area contributed by atoms with E-state index in [1.54, 1.807) is 31.2 Å². The molecule has 0 aliphatic carbocycles. The molecule has 3 rings (SSSR count). The molecule has 6 nitrogen and oxygen atoms in total. The summed E-state index contributed by atoms with van der Waals surface area (Å²) < 4.78 is 5.84. The molecule has 3 aromatic rings. The Morgan fingerprint density at radius 2 is 2.30 bits per heavy atom. The van der Waals surface area contributed by atoms with Gasteiger partial charge in [0, 0.05) is 11.6 Å². The second-order valence-electron chi connectivity index (χ2n) is 4.35. The van der Waals surface area contributed by atoms with E-state index in [4.69, 9.17) is 10.3 Å². The van der Waals surface area contributed by atoms with Gasteiger partial charge in [-0.1, -0.05) is 16.5 Å². The van der Waals surface area contributed by atoms with Gasteiger partial charge < -0.3 is 15.6 Å². The Morgan fingerprint density at radius 3 is 3.05 bits per heavy atom. The van der Waals surface area contributed by atoms with Gasteiger partial charge in [0.1, 0.15) is 11.5 Å². The fraction of sp³-hybridized carbons (Fsp3) is 0.154. The molecule has 0 unspecified atom stereocenters. The molecule has 7 heteroatoms. The number of fused-ring (bicyclic) bond motifs is 1. The quantitative estimate of drug-likeness (QED) is 0.769. The van der Waals surface area contributed by atoms with Crippen molar-refractivity contribution in [1.29, 1.82) is 0 Å². The third-order valence-electron chi connectivity index (χ3n) is 2.77. The highest BCUT2D eigenvalue weighted by Gasteiger charge is 2.09. The van der Waals surface area contributed by atoms with Crippen molar-refractivity contribution in [3.05, 3.63) is 41.3 Å². The van der Waals surface area contributed by atoms with Gasteiger partial charge in [-0.2, -0.15) is 0 Å². The minimum absolute atomic E-state index is 0.167. The lowest BCUT2D eigenvalue weighted by Gasteiger charge is -2.02. The number of nitrogens with zero attached hydrogens (tertiary/aromatic N) is 2. The van der Waals surface area contributed by atoms with E-state index in [-0.39, 0.29) is 5.91 Å². The van der Waals surface area contributed by atoms with Gasteiger partial charge >= 0.3 is 0 Å². The number of amides is 1. The van der Waals surface area contributed by atoms with E-state index >= 15 is 0 Å². The molecule has 2 heterocycles. The largest absolute Gasteiger partial charge is 0.375 e. The van der Waals surface area contributed by atoms with Gasteiger partial charge in [0.15, 0.2) is 5.13 Å². The van der Waals surface area contributed by atoms with Crippen LogP contribution in [0.1, 0.15) is 21.8 Å². The van der Waals surface area contributed by atoms with Gasteiger partial charge in [-0.25, -0.2) is 4.98 Å². The SMILES string of the molecule is Cc1cc(CNC(=O)c2ccc3nc(N)sc3c2)no1. The Bertz CT molecular complexity index is 778. The third-order valence-corrected chi connectivity index (χ3v) is 3.62. The van der Waals surface area contributed by atoms with Crippen molar-refractivity contribution in [2.75, 3.05) is 5.73 Å². The van der Waals surface area contributed by atoms with Crippen LogP contribution >= 0.6 is 11.3 Å². The van der Waals surface area contributed by atoms with E-state index in [1.807, 2.05) is 0 Å². The van der Waals surface area contributed by atoms with Gasteiger partial charge in [-0.05, 0) is 25.1 Å². The van der Waals surface area contributed by atoms with E-state index in [1.165, 1.54) is 11.3 Å². The molecular formula is C13H12N4O2S. The molecule has 3 N–H and O–H groups in total. The minimum Gasteiger partial charge on any atom is -0.375 e. The van der Waals surface area contributed by atoms with E-state index in [0.717, 1.165) is 16.0 Å². The van der Waals surface area contributed by atoms with Crippen LogP contribution in [0.25, 0.3) is 10.2 Å². The van der Waals surface area contributed by atoms with Crippen molar-refractivity contribution in [3.8, 4) is 0 Å². The fourth-order valence-corrected chi connectivity index (χ4v) is 2.63. The third kappa shape index (κ3) is 2.48. The number of benzene rings is 1. The number of anilines is 1. The molecule has 0 radical (unpaired) electrons. The van der Waals surface area contributed by atoms with Gasteiger partial charge in [0.2, 0.25) is 0 Å². The van der Waals surface area contributed by atoms with Gasteiger partial charge in [0.25, 0.3) is 5.91 Å². The van der Waals surface area contributed by atoms with E-state index in [9.17, 15) is 4.79 Å². The van der Waals surface area contributed by atoms with E-state index in [2.05, 4.69) is 15.5 Å². The molecule has 2 aromatic heterocycles. The predicted molar refractivity (Wildman–Crippen MR) is 76.4 cm³/mol. The average molecular weight is 288 g/mol. The van der Waals surface area contributed by atoms with Gasteiger partial charge in [0.05, 0.1) is 16.8 Å². The maximum Gasteiger partial charge on any atom is 0.251 e. The summed E-state index contributed by atoms with van der Waals surface area (Å²) in [5.74, 6) is 0.551. The van der Waals surface area contributed by atoms with Crippen LogP contribution in [0, 0.1) is 6.92 Å². The first-order valence-electron chi connectivity index (χ1n) is 5.98. The number of rotatable bonds is 3. The molecule has 0 saturated carbocycles. The molecule has 102 valence electrons. The number of aryl methyl sites for hydroxylation is 1. The summed E-state index contributed by atoms with van der Waals surface area (Å²) in [5.41, 5.74) is 7.71. The first kappa shape index (κ1) is 12.6. The maximum atomic E-state index is 12.1. The van der Waals surface area contributed by atoms with Crippen molar-refractivity contribution in [2.45, 2.75) is 13.5 Å². The second-order valence-corrected chi connectivity index (χ2v) is 5.41. The summed E-state index contributed by atoms with van der Waals surface area (Å²) in [6.07, 6.45) is 0. The number of nitrogen functional groups attached to an aromatic ring is 1. The zero-order valence-electron chi connectivity index (χ0n) is 10.7. The highest BCUT2D eigenvalue weighted by molar-refractivity contribution is 7.22. The summed E-state index contributed by atoms with van der Waals surface area (Å²) in [4.78, 5) is 16.2. The normalized spacial score (nSPS) is 10.8. The molecule has 0 fully saturated rings. The topological polar surface area (TPSA) is 94.0 Å². The van der Waals surface area contributed by atoms with Gasteiger partial charge in [-0.3, -0.25) is 4.79 Å². The first-order chi connectivity index (χ1) is 9.61. The Kier molecular flexibility index (Phi) is 3.11. The van der Waals surface area contributed by atoms with Crippen molar-refractivity contribution in [3.63, 3.8) is 0 Å². The number of thiazole rings is 1. The molecule has 0 aliphatic rings. The van der Waals surface area contributed by atoms with Crippen LogP contribution in [-0.4, -0.2) is 16.0 Å². The van der Waals surface area contributed by atoms with Crippen LogP contribution in [0.15, 0.2) is 28.8 Å². The Hall–Kier alpha value is -2.41. The molecule has 0 atom stereocenters. The summed E-state index contributed by atoms with van der Waals surface area (Å²) in [7, 11) is 0. The second kappa shape index (κ2) is 4.93. The van der Waals surface area contributed by atoms with Crippen LogP contribution in [0.3, 0.4) is 0 Å². The monoisotopic (exact) mass is 288 g/mol. The number of nitrogens with one attached hydrogen (secondary N) is 1. The number of hydrogen-bond donors (Lipinski definition) is 2. The molecule has 0 bridgehead atoms. The van der Waals surface area contributed by atoms with Crippen molar-refractivity contribution in [1.82, 2.24) is 15.5 Å². The highest BCUT2D eigenvalue weighted by atomic mass is 32.1. The minimum atomic E-state index is -0.167. The van der Waals surface area contributed by atoms with Crippen molar-refractivity contribution in [2.24, 2.45) is 0 Å². The number of hydrogen-bond acceptors (Lipinski definition) is 6. The summed E-state index contributed by atoms with van der Waals surface area (Å²) >= 11 is 1.36. The summed E-state index contributed by atoms with van der Waals surface area (Å²) in [6.45, 7) is 2.14. The fourth-order valence-electron chi connectivity index (χ4n) is 1.86. The van der Waals surface area contributed by atoms with Crippen molar-refractivity contribution >= 4 is 32.6 Å².